The lowest BCUT2D eigenvalue weighted by Gasteiger charge is -2.35. The van der Waals surface area contributed by atoms with Crippen LogP contribution in [0.1, 0.15) is 38.5 Å². The lowest BCUT2D eigenvalue weighted by Crippen LogP contribution is -2.42. The number of piperidine rings is 2. The van der Waals surface area contributed by atoms with Crippen molar-refractivity contribution in [3.8, 4) is 0 Å². The van der Waals surface area contributed by atoms with Crippen LogP contribution in [0.15, 0.2) is 0 Å². The van der Waals surface area contributed by atoms with Gasteiger partial charge in [-0.2, -0.15) is 0 Å². The van der Waals surface area contributed by atoms with Crippen LogP contribution >= 0.6 is 0 Å². The van der Waals surface area contributed by atoms with E-state index in [9.17, 15) is 4.79 Å². The van der Waals surface area contributed by atoms with Gasteiger partial charge in [-0.1, -0.05) is 0 Å². The van der Waals surface area contributed by atoms with Crippen molar-refractivity contribution in [2.45, 2.75) is 38.5 Å². The molecule has 2 heterocycles. The molecule has 0 spiro atoms. The van der Waals surface area contributed by atoms with E-state index in [4.69, 9.17) is 0 Å². The van der Waals surface area contributed by atoms with E-state index in [2.05, 4.69) is 22.2 Å². The smallest absolute Gasteiger partial charge is 0.222 e. The molecular formula is C16H31N3O. The fourth-order valence-corrected chi connectivity index (χ4v) is 3.52. The van der Waals surface area contributed by atoms with Crippen molar-refractivity contribution in [2.75, 3.05) is 46.8 Å². The summed E-state index contributed by atoms with van der Waals surface area (Å²) in [5.74, 6) is 1.74. The number of likely N-dealkylation sites (tertiary alicyclic amines) is 2. The second-order valence-corrected chi connectivity index (χ2v) is 6.69. The van der Waals surface area contributed by atoms with Gasteiger partial charge in [0.2, 0.25) is 5.91 Å². The fourth-order valence-electron chi connectivity index (χ4n) is 3.52. The molecule has 20 heavy (non-hydrogen) atoms. The molecule has 0 aromatic heterocycles. The van der Waals surface area contributed by atoms with Crippen LogP contribution in [0, 0.1) is 11.8 Å². The highest BCUT2D eigenvalue weighted by molar-refractivity contribution is 5.76. The molecule has 2 aliphatic rings. The minimum absolute atomic E-state index is 0.411. The second-order valence-electron chi connectivity index (χ2n) is 6.69. The minimum Gasteiger partial charge on any atom is -0.342 e. The van der Waals surface area contributed by atoms with Crippen LogP contribution in [0.5, 0.6) is 0 Å². The SMILES string of the molecule is CNCCC1CCCN(C(=O)CC2CCN(C)CC2)C1. The Morgan fingerprint density at radius 3 is 2.60 bits per heavy atom. The van der Waals surface area contributed by atoms with Crippen LogP contribution in [-0.2, 0) is 4.79 Å². The predicted octanol–water partition coefficient (Wildman–Crippen LogP) is 1.57. The molecule has 1 amide bonds. The normalized spacial score (nSPS) is 25.9. The lowest BCUT2D eigenvalue weighted by atomic mass is 9.91. The Labute approximate surface area is 123 Å². The van der Waals surface area contributed by atoms with E-state index < -0.39 is 0 Å². The first-order valence-electron chi connectivity index (χ1n) is 8.30. The summed E-state index contributed by atoms with van der Waals surface area (Å²) >= 11 is 0. The van der Waals surface area contributed by atoms with Gasteiger partial charge in [0.05, 0.1) is 0 Å². The maximum atomic E-state index is 12.5. The third-order valence-corrected chi connectivity index (χ3v) is 4.98. The number of rotatable bonds is 5. The van der Waals surface area contributed by atoms with Gasteiger partial charge < -0.3 is 15.1 Å². The Balaban J connectivity index is 1.74. The summed E-state index contributed by atoms with van der Waals surface area (Å²) in [6, 6.07) is 0. The lowest BCUT2D eigenvalue weighted by molar-refractivity contribution is -0.134. The minimum atomic E-state index is 0.411. The van der Waals surface area contributed by atoms with E-state index in [-0.39, 0.29) is 0 Å². The summed E-state index contributed by atoms with van der Waals surface area (Å²) in [6.45, 7) is 5.36. The summed E-state index contributed by atoms with van der Waals surface area (Å²) in [6.07, 6.45) is 6.85. The van der Waals surface area contributed by atoms with E-state index >= 15 is 0 Å². The first-order chi connectivity index (χ1) is 9.69. The monoisotopic (exact) mass is 281 g/mol. The Hall–Kier alpha value is -0.610. The number of hydrogen-bond donors (Lipinski definition) is 1. The quantitative estimate of drug-likeness (QED) is 0.831. The summed E-state index contributed by atoms with van der Waals surface area (Å²) in [5, 5.41) is 3.22. The Morgan fingerprint density at radius 1 is 1.15 bits per heavy atom. The van der Waals surface area contributed by atoms with Gasteiger partial charge in [-0.15, -0.1) is 0 Å². The Bertz CT molecular complexity index is 300. The maximum absolute atomic E-state index is 12.5. The number of nitrogens with one attached hydrogen (secondary N) is 1. The molecule has 2 rings (SSSR count). The zero-order chi connectivity index (χ0) is 14.4. The van der Waals surface area contributed by atoms with Crippen LogP contribution in [0.4, 0.5) is 0 Å². The molecule has 2 fully saturated rings. The Kier molecular flexibility index (Phi) is 6.30. The fraction of sp³-hybridized carbons (Fsp3) is 0.938. The van der Waals surface area contributed by atoms with Gasteiger partial charge in [0.25, 0.3) is 0 Å². The van der Waals surface area contributed by atoms with E-state index in [0.717, 1.165) is 39.1 Å². The molecule has 0 bridgehead atoms. The molecule has 1 N–H and O–H groups in total. The molecule has 1 atom stereocenters. The van der Waals surface area contributed by atoms with Crippen LogP contribution < -0.4 is 5.32 Å². The number of nitrogens with zero attached hydrogens (tertiary/aromatic N) is 2. The van der Waals surface area contributed by atoms with Crippen molar-refractivity contribution in [3.05, 3.63) is 0 Å². The highest BCUT2D eigenvalue weighted by Gasteiger charge is 2.26. The third-order valence-electron chi connectivity index (χ3n) is 4.98. The van der Waals surface area contributed by atoms with E-state index in [0.29, 0.717) is 17.7 Å². The number of amides is 1. The molecule has 4 nitrogen and oxygen atoms in total. The van der Waals surface area contributed by atoms with Crippen molar-refractivity contribution in [2.24, 2.45) is 11.8 Å². The topological polar surface area (TPSA) is 35.6 Å². The average Bonchev–Trinajstić information content (AvgIpc) is 2.48. The number of hydrogen-bond acceptors (Lipinski definition) is 3. The standard InChI is InChI=1S/C16H31N3O/c1-17-8-5-15-4-3-9-19(13-15)16(20)12-14-6-10-18(2)11-7-14/h14-15,17H,3-13H2,1-2H3. The molecule has 2 aliphatic heterocycles. The van der Waals surface area contributed by atoms with Gasteiger partial charge in [-0.25, -0.2) is 0 Å². The summed E-state index contributed by atoms with van der Waals surface area (Å²) in [5.41, 5.74) is 0. The molecule has 2 saturated heterocycles. The largest absolute Gasteiger partial charge is 0.342 e. The van der Waals surface area contributed by atoms with Gasteiger partial charge in [-0.3, -0.25) is 4.79 Å². The van der Waals surface area contributed by atoms with Crippen LogP contribution in [-0.4, -0.2) is 62.5 Å². The molecule has 4 heteroatoms. The molecule has 0 saturated carbocycles. The van der Waals surface area contributed by atoms with E-state index in [1.54, 1.807) is 0 Å². The van der Waals surface area contributed by atoms with Gasteiger partial charge in [-0.05, 0) is 77.7 Å². The number of carbonyl (C=O) groups is 1. The van der Waals surface area contributed by atoms with Crippen molar-refractivity contribution in [1.29, 1.82) is 0 Å². The highest BCUT2D eigenvalue weighted by atomic mass is 16.2. The van der Waals surface area contributed by atoms with Crippen LogP contribution in [0.2, 0.25) is 0 Å². The molecule has 0 aliphatic carbocycles. The predicted molar refractivity (Wildman–Crippen MR) is 82.7 cm³/mol. The summed E-state index contributed by atoms with van der Waals surface area (Å²) in [7, 11) is 4.18. The first kappa shape index (κ1) is 15.8. The van der Waals surface area contributed by atoms with Gasteiger partial charge in [0.15, 0.2) is 0 Å². The van der Waals surface area contributed by atoms with E-state index in [1.807, 2.05) is 7.05 Å². The zero-order valence-corrected chi connectivity index (χ0v) is 13.2. The first-order valence-corrected chi connectivity index (χ1v) is 8.30. The highest BCUT2D eigenvalue weighted by Crippen LogP contribution is 2.24. The second kappa shape index (κ2) is 7.99. The summed E-state index contributed by atoms with van der Waals surface area (Å²) in [4.78, 5) is 17.0. The van der Waals surface area contributed by atoms with Gasteiger partial charge in [0, 0.05) is 19.5 Å². The molecule has 0 aromatic rings. The van der Waals surface area contributed by atoms with Crippen molar-refractivity contribution in [3.63, 3.8) is 0 Å². The van der Waals surface area contributed by atoms with Crippen LogP contribution in [0.25, 0.3) is 0 Å². The molecule has 0 radical (unpaired) electrons. The number of carbonyl (C=O) groups excluding carboxylic acids is 1. The maximum Gasteiger partial charge on any atom is 0.222 e. The van der Waals surface area contributed by atoms with Crippen molar-refractivity contribution >= 4 is 5.91 Å². The zero-order valence-electron chi connectivity index (χ0n) is 13.2. The van der Waals surface area contributed by atoms with Gasteiger partial charge in [0.1, 0.15) is 0 Å². The van der Waals surface area contributed by atoms with Crippen molar-refractivity contribution in [1.82, 2.24) is 15.1 Å². The van der Waals surface area contributed by atoms with E-state index in [1.165, 1.54) is 32.1 Å². The Morgan fingerprint density at radius 2 is 1.90 bits per heavy atom. The molecule has 0 aromatic carbocycles. The van der Waals surface area contributed by atoms with Crippen molar-refractivity contribution < 1.29 is 4.79 Å². The average molecular weight is 281 g/mol. The van der Waals surface area contributed by atoms with Crippen LogP contribution in [0.3, 0.4) is 0 Å². The molecule has 1 unspecified atom stereocenters. The molecule has 116 valence electrons. The molecular weight excluding hydrogens is 250 g/mol. The van der Waals surface area contributed by atoms with Gasteiger partial charge >= 0.3 is 0 Å². The summed E-state index contributed by atoms with van der Waals surface area (Å²) < 4.78 is 0. The third kappa shape index (κ3) is 4.74.